The number of rotatable bonds is 8. The molecule has 7 heteroatoms. The summed E-state index contributed by atoms with van der Waals surface area (Å²) in [5, 5.41) is 5.62. The summed E-state index contributed by atoms with van der Waals surface area (Å²) in [6.45, 7) is 4.83. The first-order valence-electron chi connectivity index (χ1n) is 9.57. The molecular weight excluding hydrogens is 448 g/mol. The molecule has 6 nitrogen and oxygen atoms in total. The van der Waals surface area contributed by atoms with Crippen molar-refractivity contribution < 1.29 is 18.7 Å². The summed E-state index contributed by atoms with van der Waals surface area (Å²) >= 11 is 3.40. The highest BCUT2D eigenvalue weighted by Crippen LogP contribution is 2.26. The van der Waals surface area contributed by atoms with E-state index < -0.39 is 0 Å². The standard InChI is InChI=1S/C23H23BrN2O4/c1-15(2)14-30-21-10-9-16(24)12-19(21)23(28)26-20-8-4-3-7-18(20)22(27)25-13-17-6-5-11-29-17/h3-12,15H,13-14H2,1-2H3,(H,25,27)(H,26,28). The number of hydrogen-bond donors (Lipinski definition) is 2. The Labute approximate surface area is 183 Å². The SMILES string of the molecule is CC(C)COc1ccc(Br)cc1C(=O)Nc1ccccc1C(=O)NCc1ccco1. The molecule has 0 spiro atoms. The lowest BCUT2D eigenvalue weighted by molar-refractivity contribution is 0.0949. The zero-order valence-corrected chi connectivity index (χ0v) is 18.4. The van der Waals surface area contributed by atoms with Crippen molar-refractivity contribution >= 4 is 33.4 Å². The summed E-state index contributed by atoms with van der Waals surface area (Å²) in [5.74, 6) is 0.785. The molecule has 2 aromatic carbocycles. The second-order valence-electron chi connectivity index (χ2n) is 7.11. The van der Waals surface area contributed by atoms with Gasteiger partial charge >= 0.3 is 0 Å². The molecule has 156 valence electrons. The Hall–Kier alpha value is -3.06. The summed E-state index contributed by atoms with van der Waals surface area (Å²) < 4.78 is 11.8. The van der Waals surface area contributed by atoms with Crippen molar-refractivity contribution in [2.24, 2.45) is 5.92 Å². The molecule has 0 fully saturated rings. The summed E-state index contributed by atoms with van der Waals surface area (Å²) in [6.07, 6.45) is 1.55. The molecule has 30 heavy (non-hydrogen) atoms. The van der Waals surface area contributed by atoms with Gasteiger partial charge in [-0.1, -0.05) is 41.9 Å². The molecule has 0 saturated heterocycles. The fourth-order valence-electron chi connectivity index (χ4n) is 2.72. The highest BCUT2D eigenvalue weighted by Gasteiger charge is 2.18. The minimum atomic E-state index is -0.360. The molecule has 1 aromatic heterocycles. The van der Waals surface area contributed by atoms with Crippen LogP contribution < -0.4 is 15.4 Å². The quantitative estimate of drug-likeness (QED) is 0.470. The number of carbonyl (C=O) groups is 2. The van der Waals surface area contributed by atoms with Crippen LogP contribution in [0.1, 0.15) is 40.3 Å². The van der Waals surface area contributed by atoms with Crippen LogP contribution in [0, 0.1) is 5.92 Å². The van der Waals surface area contributed by atoms with Crippen LogP contribution >= 0.6 is 15.9 Å². The maximum absolute atomic E-state index is 13.0. The van der Waals surface area contributed by atoms with E-state index in [1.807, 2.05) is 19.9 Å². The molecule has 1 heterocycles. The number of benzene rings is 2. The first-order chi connectivity index (χ1) is 14.4. The first-order valence-corrected chi connectivity index (χ1v) is 10.4. The Morgan fingerprint density at radius 2 is 1.83 bits per heavy atom. The van der Waals surface area contributed by atoms with Crippen molar-refractivity contribution in [2.45, 2.75) is 20.4 Å². The van der Waals surface area contributed by atoms with Crippen molar-refractivity contribution in [1.82, 2.24) is 5.32 Å². The molecule has 0 aliphatic rings. The zero-order valence-electron chi connectivity index (χ0n) is 16.8. The van der Waals surface area contributed by atoms with Crippen molar-refractivity contribution in [1.29, 1.82) is 0 Å². The van der Waals surface area contributed by atoms with E-state index >= 15 is 0 Å². The van der Waals surface area contributed by atoms with Gasteiger partial charge in [-0.3, -0.25) is 9.59 Å². The molecule has 2 amide bonds. The van der Waals surface area contributed by atoms with Crippen molar-refractivity contribution in [3.05, 3.63) is 82.2 Å². The van der Waals surface area contributed by atoms with Gasteiger partial charge in [0.15, 0.2) is 0 Å². The molecule has 0 atom stereocenters. The summed E-state index contributed by atoms with van der Waals surface area (Å²) in [7, 11) is 0. The molecule has 0 saturated carbocycles. The van der Waals surface area contributed by atoms with Gasteiger partial charge in [0.05, 0.1) is 36.2 Å². The topological polar surface area (TPSA) is 80.6 Å². The van der Waals surface area contributed by atoms with Gasteiger partial charge in [-0.25, -0.2) is 0 Å². The predicted molar refractivity (Wildman–Crippen MR) is 119 cm³/mol. The number of amides is 2. The number of nitrogens with one attached hydrogen (secondary N) is 2. The molecule has 0 bridgehead atoms. The minimum Gasteiger partial charge on any atom is -0.492 e. The van der Waals surface area contributed by atoms with Gasteiger partial charge in [0.25, 0.3) is 11.8 Å². The van der Waals surface area contributed by atoms with Gasteiger partial charge in [0.1, 0.15) is 11.5 Å². The molecular formula is C23H23BrN2O4. The lowest BCUT2D eigenvalue weighted by Gasteiger charge is -2.15. The Morgan fingerprint density at radius 3 is 2.57 bits per heavy atom. The van der Waals surface area contributed by atoms with Crippen molar-refractivity contribution in [2.75, 3.05) is 11.9 Å². The van der Waals surface area contributed by atoms with Crippen LogP contribution in [0.4, 0.5) is 5.69 Å². The third kappa shape index (κ3) is 5.73. The van der Waals surface area contributed by atoms with E-state index in [1.165, 1.54) is 0 Å². The van der Waals surface area contributed by atoms with E-state index in [4.69, 9.17) is 9.15 Å². The maximum Gasteiger partial charge on any atom is 0.259 e. The summed E-state index contributed by atoms with van der Waals surface area (Å²) in [6, 6.07) is 15.7. The van der Waals surface area contributed by atoms with E-state index in [0.717, 1.165) is 4.47 Å². The Kier molecular flexibility index (Phi) is 7.30. The molecule has 3 rings (SSSR count). The van der Waals surface area contributed by atoms with E-state index in [2.05, 4.69) is 26.6 Å². The average Bonchev–Trinajstić information content (AvgIpc) is 3.25. The number of anilines is 1. The highest BCUT2D eigenvalue weighted by atomic mass is 79.9. The van der Waals surface area contributed by atoms with Crippen LogP contribution in [0.2, 0.25) is 0 Å². The lowest BCUT2D eigenvalue weighted by Crippen LogP contribution is -2.24. The largest absolute Gasteiger partial charge is 0.492 e. The zero-order chi connectivity index (χ0) is 21.5. The molecule has 2 N–H and O–H groups in total. The number of furan rings is 1. The molecule has 0 aliphatic carbocycles. The average molecular weight is 471 g/mol. The van der Waals surface area contributed by atoms with E-state index in [1.54, 1.807) is 54.8 Å². The fourth-order valence-corrected chi connectivity index (χ4v) is 3.08. The second-order valence-corrected chi connectivity index (χ2v) is 8.02. The number of halogens is 1. The molecule has 0 unspecified atom stereocenters. The normalized spacial score (nSPS) is 10.7. The van der Waals surface area contributed by atoms with Crippen LogP contribution in [-0.2, 0) is 6.54 Å². The van der Waals surface area contributed by atoms with E-state index in [9.17, 15) is 9.59 Å². The first kappa shape index (κ1) is 21.6. The van der Waals surface area contributed by atoms with Crippen molar-refractivity contribution in [3.63, 3.8) is 0 Å². The van der Waals surface area contributed by atoms with Crippen LogP contribution in [0.3, 0.4) is 0 Å². The molecule has 3 aromatic rings. The Balaban J connectivity index is 1.77. The van der Waals surface area contributed by atoms with Gasteiger partial charge in [-0.05, 0) is 48.4 Å². The van der Waals surface area contributed by atoms with Gasteiger partial charge in [0.2, 0.25) is 0 Å². The van der Waals surface area contributed by atoms with Crippen LogP contribution in [0.5, 0.6) is 5.75 Å². The fraction of sp³-hybridized carbons (Fsp3) is 0.217. The van der Waals surface area contributed by atoms with Crippen LogP contribution in [0.15, 0.2) is 69.8 Å². The number of para-hydroxylation sites is 1. The smallest absolute Gasteiger partial charge is 0.259 e. The Bertz CT molecular complexity index is 1020. The predicted octanol–water partition coefficient (Wildman–Crippen LogP) is 5.26. The van der Waals surface area contributed by atoms with Crippen LogP contribution in [0.25, 0.3) is 0 Å². The molecule has 0 radical (unpaired) electrons. The van der Waals surface area contributed by atoms with Crippen LogP contribution in [-0.4, -0.2) is 18.4 Å². The Morgan fingerprint density at radius 1 is 1.03 bits per heavy atom. The minimum absolute atomic E-state index is 0.257. The second kappa shape index (κ2) is 10.1. The lowest BCUT2D eigenvalue weighted by atomic mass is 10.1. The summed E-state index contributed by atoms with van der Waals surface area (Å²) in [5.41, 5.74) is 1.15. The van der Waals surface area contributed by atoms with Gasteiger partial charge in [-0.15, -0.1) is 0 Å². The highest BCUT2D eigenvalue weighted by molar-refractivity contribution is 9.10. The van der Waals surface area contributed by atoms with Crippen molar-refractivity contribution in [3.8, 4) is 5.75 Å². The number of ether oxygens (including phenoxy) is 1. The molecule has 0 aliphatic heterocycles. The van der Waals surface area contributed by atoms with Gasteiger partial charge in [-0.2, -0.15) is 0 Å². The van der Waals surface area contributed by atoms with Gasteiger partial charge in [0, 0.05) is 4.47 Å². The van der Waals surface area contributed by atoms with E-state index in [0.29, 0.717) is 40.8 Å². The third-order valence-electron chi connectivity index (χ3n) is 4.18. The summed E-state index contributed by atoms with van der Waals surface area (Å²) in [4.78, 5) is 25.6. The maximum atomic E-state index is 13.0. The number of carbonyl (C=O) groups excluding carboxylic acids is 2. The monoisotopic (exact) mass is 470 g/mol. The number of hydrogen-bond acceptors (Lipinski definition) is 4. The third-order valence-corrected chi connectivity index (χ3v) is 4.67. The van der Waals surface area contributed by atoms with E-state index in [-0.39, 0.29) is 18.4 Å². The van der Waals surface area contributed by atoms with Gasteiger partial charge < -0.3 is 19.8 Å².